The van der Waals surface area contributed by atoms with Crippen LogP contribution in [-0.4, -0.2) is 32.7 Å². The van der Waals surface area contributed by atoms with Gasteiger partial charge in [0.25, 0.3) is 0 Å². The molecule has 1 aliphatic rings. The third-order valence-electron chi connectivity index (χ3n) is 4.33. The molecular weight excluding hydrogens is 320 g/mol. The summed E-state index contributed by atoms with van der Waals surface area (Å²) in [6.45, 7) is 3.97. The SMILES string of the molecule is CCCn1c(C2NCCOc3nc(=O)[nH]c(N)c32)nc2ccccc21. The number of nitrogens with two attached hydrogens (primary N) is 1. The number of nitrogens with zero attached hydrogens (tertiary/aromatic N) is 3. The first kappa shape index (κ1) is 15.6. The maximum atomic E-state index is 11.7. The van der Waals surface area contributed by atoms with Crippen LogP contribution in [0.2, 0.25) is 0 Å². The second kappa shape index (κ2) is 6.21. The van der Waals surface area contributed by atoms with Gasteiger partial charge in [-0.3, -0.25) is 10.3 Å². The van der Waals surface area contributed by atoms with Crippen molar-refractivity contribution in [2.45, 2.75) is 25.9 Å². The number of ether oxygens (including phenoxy) is 1. The second-order valence-corrected chi connectivity index (χ2v) is 6.02. The van der Waals surface area contributed by atoms with Gasteiger partial charge in [0.05, 0.1) is 16.6 Å². The highest BCUT2D eigenvalue weighted by Gasteiger charge is 2.30. The lowest BCUT2D eigenvalue weighted by Crippen LogP contribution is -2.28. The molecule has 0 spiro atoms. The van der Waals surface area contributed by atoms with Crippen molar-refractivity contribution in [1.29, 1.82) is 0 Å². The number of anilines is 1. The van der Waals surface area contributed by atoms with Gasteiger partial charge in [-0.2, -0.15) is 4.98 Å². The van der Waals surface area contributed by atoms with Crippen LogP contribution in [-0.2, 0) is 6.54 Å². The summed E-state index contributed by atoms with van der Waals surface area (Å²) in [4.78, 5) is 23.0. The van der Waals surface area contributed by atoms with E-state index in [9.17, 15) is 4.79 Å². The zero-order valence-electron chi connectivity index (χ0n) is 14.0. The van der Waals surface area contributed by atoms with Crippen molar-refractivity contribution in [2.75, 3.05) is 18.9 Å². The zero-order chi connectivity index (χ0) is 17.4. The van der Waals surface area contributed by atoms with Crippen molar-refractivity contribution in [1.82, 2.24) is 24.8 Å². The van der Waals surface area contributed by atoms with E-state index in [1.807, 2.05) is 18.2 Å². The van der Waals surface area contributed by atoms with E-state index in [4.69, 9.17) is 15.5 Å². The van der Waals surface area contributed by atoms with Crippen LogP contribution in [0.15, 0.2) is 29.1 Å². The lowest BCUT2D eigenvalue weighted by molar-refractivity contribution is 0.312. The molecule has 1 unspecified atom stereocenters. The standard InChI is InChI=1S/C17H20N6O2/c1-2-8-23-11-6-4-3-5-10(11)20-15(23)13-12-14(18)21-17(24)22-16(12)25-9-7-19-13/h3-6,13,19H,2,7-9H2,1H3,(H3,18,21,22,24). The maximum Gasteiger partial charge on any atom is 0.349 e. The number of nitrogen functional groups attached to an aromatic ring is 1. The summed E-state index contributed by atoms with van der Waals surface area (Å²) in [5.74, 6) is 1.37. The Kier molecular flexibility index (Phi) is 3.89. The minimum Gasteiger partial charge on any atom is -0.476 e. The van der Waals surface area contributed by atoms with Gasteiger partial charge in [-0.05, 0) is 18.6 Å². The molecule has 25 heavy (non-hydrogen) atoms. The molecule has 8 heteroatoms. The van der Waals surface area contributed by atoms with Gasteiger partial charge in [-0.1, -0.05) is 19.1 Å². The third-order valence-corrected chi connectivity index (χ3v) is 4.33. The number of hydrogen-bond donors (Lipinski definition) is 3. The van der Waals surface area contributed by atoms with Gasteiger partial charge in [0.1, 0.15) is 24.3 Å². The highest BCUT2D eigenvalue weighted by Crippen LogP contribution is 2.34. The van der Waals surface area contributed by atoms with E-state index in [-0.39, 0.29) is 17.7 Å². The summed E-state index contributed by atoms with van der Waals surface area (Å²) in [5.41, 5.74) is 8.22. The van der Waals surface area contributed by atoms with Crippen LogP contribution >= 0.6 is 0 Å². The number of para-hydroxylation sites is 2. The summed E-state index contributed by atoms with van der Waals surface area (Å²) < 4.78 is 7.81. The van der Waals surface area contributed by atoms with Crippen molar-refractivity contribution in [3.8, 4) is 5.88 Å². The van der Waals surface area contributed by atoms with E-state index < -0.39 is 5.69 Å². The van der Waals surface area contributed by atoms with Crippen molar-refractivity contribution in [3.63, 3.8) is 0 Å². The number of H-pyrrole nitrogens is 1. The van der Waals surface area contributed by atoms with E-state index in [0.717, 1.165) is 29.8 Å². The average molecular weight is 340 g/mol. The minimum absolute atomic E-state index is 0.254. The number of benzene rings is 1. The smallest absolute Gasteiger partial charge is 0.349 e. The number of nitrogens with one attached hydrogen (secondary N) is 2. The summed E-state index contributed by atoms with van der Waals surface area (Å²) in [5, 5.41) is 3.42. The Morgan fingerprint density at radius 1 is 1.36 bits per heavy atom. The molecule has 0 amide bonds. The largest absolute Gasteiger partial charge is 0.476 e. The number of aryl methyl sites for hydroxylation is 1. The maximum absolute atomic E-state index is 11.7. The Morgan fingerprint density at radius 2 is 2.20 bits per heavy atom. The van der Waals surface area contributed by atoms with Gasteiger partial charge in [-0.25, -0.2) is 9.78 Å². The monoisotopic (exact) mass is 340 g/mol. The van der Waals surface area contributed by atoms with E-state index in [0.29, 0.717) is 18.7 Å². The Hall–Kier alpha value is -2.87. The Labute approximate surface area is 144 Å². The van der Waals surface area contributed by atoms with Crippen LogP contribution in [0.25, 0.3) is 11.0 Å². The number of aromatic nitrogens is 4. The Bertz CT molecular complexity index is 977. The number of hydrogen-bond acceptors (Lipinski definition) is 6. The average Bonchev–Trinajstić information content (AvgIpc) is 2.80. The fourth-order valence-electron chi connectivity index (χ4n) is 3.31. The molecule has 3 heterocycles. The fourth-order valence-corrected chi connectivity index (χ4v) is 3.31. The summed E-state index contributed by atoms with van der Waals surface area (Å²) >= 11 is 0. The molecule has 3 aromatic rings. The molecule has 0 aliphatic carbocycles. The molecule has 1 atom stereocenters. The molecule has 0 fully saturated rings. The first-order chi connectivity index (χ1) is 12.2. The molecule has 0 saturated heterocycles. The van der Waals surface area contributed by atoms with Gasteiger partial charge < -0.3 is 15.0 Å². The van der Waals surface area contributed by atoms with E-state index in [1.54, 1.807) is 0 Å². The van der Waals surface area contributed by atoms with Crippen LogP contribution in [0.1, 0.15) is 30.8 Å². The highest BCUT2D eigenvalue weighted by molar-refractivity contribution is 5.76. The molecule has 4 N–H and O–H groups in total. The predicted molar refractivity (Wildman–Crippen MR) is 94.6 cm³/mol. The van der Waals surface area contributed by atoms with Crippen LogP contribution in [0.3, 0.4) is 0 Å². The Balaban J connectivity index is 1.95. The predicted octanol–water partition coefficient (Wildman–Crippen LogP) is 1.18. The van der Waals surface area contributed by atoms with Crippen molar-refractivity contribution in [3.05, 3.63) is 46.1 Å². The molecule has 0 bridgehead atoms. The van der Waals surface area contributed by atoms with Gasteiger partial charge >= 0.3 is 5.69 Å². The van der Waals surface area contributed by atoms with Gasteiger partial charge in [0.2, 0.25) is 5.88 Å². The normalized spacial score (nSPS) is 17.1. The summed E-state index contributed by atoms with van der Waals surface area (Å²) in [7, 11) is 0. The number of fused-ring (bicyclic) bond motifs is 2. The van der Waals surface area contributed by atoms with Crippen LogP contribution in [0.5, 0.6) is 5.88 Å². The third kappa shape index (κ3) is 2.64. The molecule has 8 nitrogen and oxygen atoms in total. The van der Waals surface area contributed by atoms with Crippen LogP contribution < -0.4 is 21.5 Å². The Morgan fingerprint density at radius 3 is 3.04 bits per heavy atom. The van der Waals surface area contributed by atoms with Gasteiger partial charge in [0, 0.05) is 13.1 Å². The lowest BCUT2D eigenvalue weighted by atomic mass is 10.1. The van der Waals surface area contributed by atoms with E-state index in [1.165, 1.54) is 0 Å². The molecule has 1 aromatic carbocycles. The van der Waals surface area contributed by atoms with E-state index >= 15 is 0 Å². The quantitative estimate of drug-likeness (QED) is 0.660. The van der Waals surface area contributed by atoms with Gasteiger partial charge in [0.15, 0.2) is 0 Å². The molecule has 1 aliphatic heterocycles. The molecule has 2 aromatic heterocycles. The van der Waals surface area contributed by atoms with Crippen molar-refractivity contribution < 1.29 is 4.74 Å². The number of rotatable bonds is 3. The molecule has 130 valence electrons. The highest BCUT2D eigenvalue weighted by atomic mass is 16.5. The summed E-state index contributed by atoms with van der Waals surface area (Å²) in [6.07, 6.45) is 0.975. The summed E-state index contributed by atoms with van der Waals surface area (Å²) in [6, 6.07) is 7.73. The zero-order valence-corrected chi connectivity index (χ0v) is 14.0. The second-order valence-electron chi connectivity index (χ2n) is 6.02. The fraction of sp³-hybridized carbons (Fsp3) is 0.353. The van der Waals surface area contributed by atoms with E-state index in [2.05, 4.69) is 32.8 Å². The first-order valence-corrected chi connectivity index (χ1v) is 8.40. The van der Waals surface area contributed by atoms with Crippen molar-refractivity contribution >= 4 is 16.9 Å². The van der Waals surface area contributed by atoms with Gasteiger partial charge in [-0.15, -0.1) is 0 Å². The minimum atomic E-state index is -0.515. The molecular formula is C17H20N6O2. The topological polar surface area (TPSA) is 111 Å². The van der Waals surface area contributed by atoms with Crippen LogP contribution in [0.4, 0.5) is 5.82 Å². The first-order valence-electron chi connectivity index (χ1n) is 8.40. The van der Waals surface area contributed by atoms with Crippen LogP contribution in [0, 0.1) is 0 Å². The van der Waals surface area contributed by atoms with Crippen molar-refractivity contribution in [2.24, 2.45) is 0 Å². The molecule has 0 saturated carbocycles. The lowest BCUT2D eigenvalue weighted by Gasteiger charge is -2.19. The number of imidazole rings is 1. The molecule has 4 rings (SSSR count). The number of aromatic amines is 1. The molecule has 0 radical (unpaired) electrons.